The number of benzene rings is 1. The molecule has 0 saturated carbocycles. The number of hydrogen-bond donors (Lipinski definition) is 0. The molecule has 1 rings (SSSR count). The van der Waals surface area contributed by atoms with Gasteiger partial charge in [-0.15, -0.1) is 0 Å². The summed E-state index contributed by atoms with van der Waals surface area (Å²) >= 11 is 3.30. The van der Waals surface area contributed by atoms with Gasteiger partial charge in [-0.25, -0.2) is 8.42 Å². The molecule has 0 saturated heterocycles. The molecule has 18 heavy (non-hydrogen) atoms. The molecule has 0 amide bonds. The molecule has 0 radical (unpaired) electrons. The lowest BCUT2D eigenvalue weighted by Gasteiger charge is -2.10. The van der Waals surface area contributed by atoms with Crippen molar-refractivity contribution >= 4 is 31.7 Å². The zero-order valence-corrected chi connectivity index (χ0v) is 12.6. The van der Waals surface area contributed by atoms with Crippen LogP contribution in [0.3, 0.4) is 0 Å². The van der Waals surface area contributed by atoms with E-state index >= 15 is 0 Å². The van der Waals surface area contributed by atoms with E-state index in [2.05, 4.69) is 20.7 Å². The first-order valence-electron chi connectivity index (χ1n) is 5.37. The number of hydrogen-bond acceptors (Lipinski definition) is 4. The monoisotopic (exact) mass is 334 g/mol. The van der Waals surface area contributed by atoms with E-state index < -0.39 is 21.7 Å². The quantitative estimate of drug-likeness (QED) is 0.774. The van der Waals surface area contributed by atoms with Gasteiger partial charge >= 0.3 is 5.97 Å². The second kappa shape index (κ2) is 6.33. The van der Waals surface area contributed by atoms with Crippen molar-refractivity contribution in [3.05, 3.63) is 34.3 Å². The number of carbonyl (C=O) groups is 1. The minimum absolute atomic E-state index is 0.0875. The normalized spacial score (nSPS) is 13.1. The van der Waals surface area contributed by atoms with Gasteiger partial charge in [-0.2, -0.15) is 0 Å². The second-order valence-electron chi connectivity index (χ2n) is 4.07. The van der Waals surface area contributed by atoms with Gasteiger partial charge in [-0.3, -0.25) is 4.79 Å². The molecule has 100 valence electrons. The summed E-state index contributed by atoms with van der Waals surface area (Å²) in [4.78, 5) is 11.2. The average molecular weight is 335 g/mol. The summed E-state index contributed by atoms with van der Waals surface area (Å²) in [6, 6.07) is 7.12. The number of rotatable bonds is 5. The first-order valence-corrected chi connectivity index (χ1v) is 7.99. The van der Waals surface area contributed by atoms with Gasteiger partial charge in [0.15, 0.2) is 9.84 Å². The van der Waals surface area contributed by atoms with Crippen LogP contribution in [0.15, 0.2) is 28.7 Å². The molecule has 1 unspecified atom stereocenters. The fourth-order valence-electron chi connectivity index (χ4n) is 1.56. The van der Waals surface area contributed by atoms with Crippen LogP contribution in [-0.2, 0) is 25.1 Å². The molecule has 0 heterocycles. The van der Waals surface area contributed by atoms with Crippen molar-refractivity contribution in [2.75, 3.05) is 12.9 Å². The van der Waals surface area contributed by atoms with Crippen LogP contribution in [0.1, 0.15) is 12.5 Å². The van der Waals surface area contributed by atoms with Crippen LogP contribution in [0.4, 0.5) is 0 Å². The summed E-state index contributed by atoms with van der Waals surface area (Å²) in [6.07, 6.45) is 0. The third-order valence-corrected chi connectivity index (χ3v) is 4.97. The van der Waals surface area contributed by atoms with Gasteiger partial charge < -0.3 is 4.74 Å². The Morgan fingerprint density at radius 3 is 2.56 bits per heavy atom. The van der Waals surface area contributed by atoms with Gasteiger partial charge in [-0.1, -0.05) is 41.1 Å². The molecule has 0 aliphatic heterocycles. The highest BCUT2D eigenvalue weighted by Crippen LogP contribution is 2.19. The Bertz CT molecular complexity index is 525. The lowest BCUT2D eigenvalue weighted by atomic mass is 10.2. The van der Waals surface area contributed by atoms with E-state index in [0.29, 0.717) is 5.56 Å². The van der Waals surface area contributed by atoms with Gasteiger partial charge in [0.25, 0.3) is 0 Å². The van der Waals surface area contributed by atoms with Crippen molar-refractivity contribution < 1.29 is 17.9 Å². The third kappa shape index (κ3) is 4.42. The highest BCUT2D eigenvalue weighted by molar-refractivity contribution is 9.10. The minimum Gasteiger partial charge on any atom is -0.469 e. The summed E-state index contributed by atoms with van der Waals surface area (Å²) in [5.74, 6) is -1.45. The van der Waals surface area contributed by atoms with Gasteiger partial charge in [0.1, 0.15) is 0 Å². The largest absolute Gasteiger partial charge is 0.469 e. The van der Waals surface area contributed by atoms with Crippen molar-refractivity contribution in [2.24, 2.45) is 5.92 Å². The Hall–Kier alpha value is -0.880. The van der Waals surface area contributed by atoms with Crippen molar-refractivity contribution in [2.45, 2.75) is 12.7 Å². The Morgan fingerprint density at radius 1 is 1.39 bits per heavy atom. The van der Waals surface area contributed by atoms with E-state index in [1.807, 2.05) is 6.07 Å². The maximum Gasteiger partial charge on any atom is 0.309 e. The Balaban J connectivity index is 2.77. The summed E-state index contributed by atoms with van der Waals surface area (Å²) < 4.78 is 29.2. The molecule has 0 spiro atoms. The predicted molar refractivity (Wildman–Crippen MR) is 72.8 cm³/mol. The molecular weight excluding hydrogens is 320 g/mol. The number of methoxy groups -OCH3 is 1. The molecule has 0 N–H and O–H groups in total. The van der Waals surface area contributed by atoms with E-state index in [0.717, 1.165) is 4.47 Å². The predicted octanol–water partition coefficient (Wildman–Crippen LogP) is 2.17. The van der Waals surface area contributed by atoms with Crippen LogP contribution < -0.4 is 0 Å². The van der Waals surface area contributed by atoms with Crippen LogP contribution >= 0.6 is 15.9 Å². The van der Waals surface area contributed by atoms with Gasteiger partial charge in [0.05, 0.1) is 24.5 Å². The van der Waals surface area contributed by atoms with Crippen molar-refractivity contribution in [3.63, 3.8) is 0 Å². The lowest BCUT2D eigenvalue weighted by molar-refractivity contribution is -0.144. The van der Waals surface area contributed by atoms with Gasteiger partial charge in [0, 0.05) is 4.47 Å². The van der Waals surface area contributed by atoms with E-state index in [4.69, 9.17) is 0 Å². The van der Waals surface area contributed by atoms with Gasteiger partial charge in [-0.05, 0) is 11.6 Å². The molecule has 0 fully saturated rings. The highest BCUT2D eigenvalue weighted by Gasteiger charge is 2.23. The van der Waals surface area contributed by atoms with Crippen LogP contribution in [-0.4, -0.2) is 27.2 Å². The summed E-state index contributed by atoms with van der Waals surface area (Å²) in [7, 11) is -2.09. The standard InChI is InChI=1S/C12H15BrO4S/c1-9(12(14)17-2)7-18(15,16)8-10-5-3-4-6-11(10)13/h3-6,9H,7-8H2,1-2H3. The fourth-order valence-corrected chi connectivity index (χ4v) is 3.91. The zero-order valence-electron chi connectivity index (χ0n) is 10.2. The second-order valence-corrected chi connectivity index (χ2v) is 7.03. The number of ether oxygens (including phenoxy) is 1. The molecule has 0 aliphatic carbocycles. The van der Waals surface area contributed by atoms with E-state index in [1.165, 1.54) is 7.11 Å². The Morgan fingerprint density at radius 2 is 2.00 bits per heavy atom. The molecule has 6 heteroatoms. The minimum atomic E-state index is -3.34. The van der Waals surface area contributed by atoms with E-state index in [-0.39, 0.29) is 11.5 Å². The van der Waals surface area contributed by atoms with Crippen LogP contribution in [0.5, 0.6) is 0 Å². The molecule has 0 bridgehead atoms. The average Bonchev–Trinajstić information content (AvgIpc) is 2.30. The highest BCUT2D eigenvalue weighted by atomic mass is 79.9. The molecule has 4 nitrogen and oxygen atoms in total. The van der Waals surface area contributed by atoms with Crippen LogP contribution in [0, 0.1) is 5.92 Å². The summed E-state index contributed by atoms with van der Waals surface area (Å²) in [5, 5.41) is 0. The Labute approximate surface area is 115 Å². The number of halogens is 1. The maximum absolute atomic E-state index is 12.0. The fraction of sp³-hybridized carbons (Fsp3) is 0.417. The molecule has 1 atom stereocenters. The van der Waals surface area contributed by atoms with Gasteiger partial charge in [0.2, 0.25) is 0 Å². The molecule has 1 aromatic rings. The number of sulfone groups is 1. The van der Waals surface area contributed by atoms with Crippen molar-refractivity contribution in [1.29, 1.82) is 0 Å². The molecule has 0 aromatic heterocycles. The molecule has 1 aromatic carbocycles. The van der Waals surface area contributed by atoms with Crippen molar-refractivity contribution in [3.8, 4) is 0 Å². The summed E-state index contributed by atoms with van der Waals surface area (Å²) in [6.45, 7) is 1.55. The first-order chi connectivity index (χ1) is 8.35. The Kier molecular flexibility index (Phi) is 5.34. The smallest absolute Gasteiger partial charge is 0.309 e. The number of carbonyl (C=O) groups excluding carboxylic acids is 1. The van der Waals surface area contributed by atoms with E-state index in [1.54, 1.807) is 25.1 Å². The maximum atomic E-state index is 12.0. The zero-order chi connectivity index (χ0) is 13.8. The summed E-state index contributed by atoms with van der Waals surface area (Å²) in [5.41, 5.74) is 0.689. The van der Waals surface area contributed by atoms with Crippen molar-refractivity contribution in [1.82, 2.24) is 0 Å². The molecule has 0 aliphatic rings. The lowest BCUT2D eigenvalue weighted by Crippen LogP contribution is -2.23. The third-order valence-electron chi connectivity index (χ3n) is 2.44. The SMILES string of the molecule is COC(=O)C(C)CS(=O)(=O)Cc1ccccc1Br. The molecular formula is C12H15BrO4S. The van der Waals surface area contributed by atoms with Crippen LogP contribution in [0.25, 0.3) is 0 Å². The van der Waals surface area contributed by atoms with Crippen LogP contribution in [0.2, 0.25) is 0 Å². The first kappa shape index (κ1) is 15.2. The van der Waals surface area contributed by atoms with E-state index in [9.17, 15) is 13.2 Å². The number of esters is 1. The topological polar surface area (TPSA) is 60.4 Å².